The molecule has 7 nitrogen and oxygen atoms in total. The van der Waals surface area contributed by atoms with E-state index in [1.54, 1.807) is 42.6 Å². The van der Waals surface area contributed by atoms with Crippen molar-refractivity contribution in [2.75, 3.05) is 13.7 Å². The van der Waals surface area contributed by atoms with Crippen LogP contribution < -0.4 is 9.47 Å². The van der Waals surface area contributed by atoms with Crippen molar-refractivity contribution in [2.24, 2.45) is 0 Å². The lowest BCUT2D eigenvalue weighted by atomic mass is 9.84. The first-order chi connectivity index (χ1) is 17.8. The molecular weight excluding hydrogens is 507 g/mol. The molecule has 1 aromatic heterocycles. The third kappa shape index (κ3) is 7.18. The van der Waals surface area contributed by atoms with Gasteiger partial charge >= 0.3 is 12.3 Å². The molecule has 1 heterocycles. The standard InChI is InChI=1S/C26H28F3N3O4S/c1-3-35-25(33)23-24(32(31-30-23)16-17-4-10-20(34-2)11-5-17)37-22-14-8-19(9-15-22)18-6-12-21(13-7-18)36-26(27,28)29/h4-7,10-13,19,22H,3,8-9,14-16H2,1-2H3/t19-,22-. The number of carbonyl (C=O) groups is 1. The average Bonchev–Trinajstić information content (AvgIpc) is 3.26. The van der Waals surface area contributed by atoms with Crippen molar-refractivity contribution < 1.29 is 32.2 Å². The number of esters is 1. The summed E-state index contributed by atoms with van der Waals surface area (Å²) in [7, 11) is 1.61. The molecule has 0 aliphatic heterocycles. The molecule has 198 valence electrons. The Kier molecular flexibility index (Phi) is 8.63. The Hall–Kier alpha value is -3.21. The predicted molar refractivity (Wildman–Crippen MR) is 132 cm³/mol. The van der Waals surface area contributed by atoms with E-state index in [9.17, 15) is 18.0 Å². The van der Waals surface area contributed by atoms with Crippen molar-refractivity contribution >= 4 is 17.7 Å². The lowest BCUT2D eigenvalue weighted by Crippen LogP contribution is -2.18. The Labute approximate surface area is 217 Å². The van der Waals surface area contributed by atoms with Gasteiger partial charge in [-0.2, -0.15) is 0 Å². The molecule has 0 radical (unpaired) electrons. The molecule has 0 unspecified atom stereocenters. The Bertz CT molecular complexity index is 1180. The van der Waals surface area contributed by atoms with Crippen molar-refractivity contribution in [3.8, 4) is 11.5 Å². The number of carbonyl (C=O) groups excluding carboxylic acids is 1. The van der Waals surface area contributed by atoms with Crippen LogP contribution in [-0.4, -0.2) is 46.3 Å². The zero-order chi connectivity index (χ0) is 26.4. The highest BCUT2D eigenvalue weighted by Crippen LogP contribution is 2.41. The second-order valence-corrected chi connectivity index (χ2v) is 9.97. The van der Waals surface area contributed by atoms with Crippen molar-refractivity contribution in [1.29, 1.82) is 0 Å². The molecule has 0 atom stereocenters. The number of ether oxygens (including phenoxy) is 3. The van der Waals surface area contributed by atoms with Crippen LogP contribution >= 0.6 is 11.8 Å². The minimum atomic E-state index is -4.70. The van der Waals surface area contributed by atoms with Gasteiger partial charge in [0.15, 0.2) is 0 Å². The molecule has 0 N–H and O–H groups in total. The van der Waals surface area contributed by atoms with E-state index < -0.39 is 12.3 Å². The molecule has 1 fully saturated rings. The average molecular weight is 536 g/mol. The minimum Gasteiger partial charge on any atom is -0.497 e. The third-order valence-electron chi connectivity index (χ3n) is 6.19. The largest absolute Gasteiger partial charge is 0.573 e. The molecular formula is C26H28F3N3O4S. The second kappa shape index (κ2) is 11.9. The summed E-state index contributed by atoms with van der Waals surface area (Å²) in [5, 5.41) is 9.28. The first-order valence-corrected chi connectivity index (χ1v) is 12.9. The first kappa shape index (κ1) is 26.8. The molecule has 0 saturated heterocycles. The number of nitrogens with zero attached hydrogens (tertiary/aromatic N) is 3. The van der Waals surface area contributed by atoms with Gasteiger partial charge in [-0.25, -0.2) is 9.48 Å². The third-order valence-corrected chi connectivity index (χ3v) is 7.62. The second-order valence-electron chi connectivity index (χ2n) is 8.68. The molecule has 1 saturated carbocycles. The summed E-state index contributed by atoms with van der Waals surface area (Å²) in [6.45, 7) is 2.43. The fourth-order valence-electron chi connectivity index (χ4n) is 4.37. The molecule has 1 aliphatic rings. The summed E-state index contributed by atoms with van der Waals surface area (Å²) in [5.41, 5.74) is 2.20. The van der Waals surface area contributed by atoms with Gasteiger partial charge in [-0.15, -0.1) is 30.0 Å². The van der Waals surface area contributed by atoms with Gasteiger partial charge in [0.2, 0.25) is 5.69 Å². The highest BCUT2D eigenvalue weighted by molar-refractivity contribution is 7.99. The topological polar surface area (TPSA) is 75.5 Å². The van der Waals surface area contributed by atoms with Gasteiger partial charge in [0.1, 0.15) is 16.5 Å². The van der Waals surface area contributed by atoms with Gasteiger partial charge in [-0.3, -0.25) is 0 Å². The van der Waals surface area contributed by atoms with Crippen LogP contribution in [0.25, 0.3) is 0 Å². The van der Waals surface area contributed by atoms with Gasteiger partial charge in [-0.05, 0) is 73.9 Å². The summed E-state index contributed by atoms with van der Waals surface area (Å²) in [6.07, 6.45) is -1.18. The van der Waals surface area contributed by atoms with Crippen LogP contribution in [0, 0.1) is 0 Å². The number of hydrogen-bond acceptors (Lipinski definition) is 7. The first-order valence-electron chi connectivity index (χ1n) is 12.0. The van der Waals surface area contributed by atoms with Gasteiger partial charge in [0.05, 0.1) is 20.3 Å². The smallest absolute Gasteiger partial charge is 0.497 e. The van der Waals surface area contributed by atoms with Crippen LogP contribution in [0.15, 0.2) is 53.6 Å². The van der Waals surface area contributed by atoms with E-state index in [4.69, 9.17) is 9.47 Å². The van der Waals surface area contributed by atoms with Crippen molar-refractivity contribution in [1.82, 2.24) is 15.0 Å². The Morgan fingerprint density at radius 3 is 2.27 bits per heavy atom. The number of halogens is 3. The van der Waals surface area contributed by atoms with E-state index >= 15 is 0 Å². The lowest BCUT2D eigenvalue weighted by molar-refractivity contribution is -0.274. The zero-order valence-corrected chi connectivity index (χ0v) is 21.3. The number of benzene rings is 2. The number of hydrogen-bond donors (Lipinski definition) is 0. The maximum absolute atomic E-state index is 12.6. The zero-order valence-electron chi connectivity index (χ0n) is 20.5. The molecule has 37 heavy (non-hydrogen) atoms. The fourth-order valence-corrected chi connectivity index (χ4v) is 5.65. The number of alkyl halides is 3. The molecule has 0 amide bonds. The van der Waals surface area contributed by atoms with Crippen molar-refractivity contribution in [3.05, 3.63) is 65.4 Å². The molecule has 3 aromatic rings. The number of thioether (sulfide) groups is 1. The van der Waals surface area contributed by atoms with Gasteiger partial charge < -0.3 is 14.2 Å². The molecule has 0 spiro atoms. The van der Waals surface area contributed by atoms with E-state index in [-0.39, 0.29) is 29.2 Å². The fraction of sp³-hybridized carbons (Fsp3) is 0.423. The maximum Gasteiger partial charge on any atom is 0.573 e. The quantitative estimate of drug-likeness (QED) is 0.301. The maximum atomic E-state index is 12.6. The Balaban J connectivity index is 1.43. The number of methoxy groups -OCH3 is 1. The SMILES string of the molecule is CCOC(=O)c1nnn(Cc2ccc(OC)cc2)c1S[C@H]1CC[C@H](c2ccc(OC(F)(F)F)cc2)CC1. The molecule has 11 heteroatoms. The highest BCUT2D eigenvalue weighted by atomic mass is 32.2. The van der Waals surface area contributed by atoms with Crippen LogP contribution in [0.4, 0.5) is 13.2 Å². The van der Waals surface area contributed by atoms with Crippen LogP contribution in [-0.2, 0) is 11.3 Å². The summed E-state index contributed by atoms with van der Waals surface area (Å²) in [6, 6.07) is 13.7. The Morgan fingerprint density at radius 2 is 1.68 bits per heavy atom. The van der Waals surface area contributed by atoms with E-state index in [0.29, 0.717) is 11.6 Å². The summed E-state index contributed by atoms with van der Waals surface area (Å²) >= 11 is 1.58. The predicted octanol–water partition coefficient (Wildman–Crippen LogP) is 6.23. The molecule has 2 aromatic carbocycles. The Morgan fingerprint density at radius 1 is 1.03 bits per heavy atom. The van der Waals surface area contributed by atoms with Gasteiger partial charge in [-0.1, -0.05) is 29.5 Å². The lowest BCUT2D eigenvalue weighted by Gasteiger charge is -2.28. The van der Waals surface area contributed by atoms with Crippen LogP contribution in [0.2, 0.25) is 0 Å². The van der Waals surface area contributed by atoms with Crippen LogP contribution in [0.5, 0.6) is 11.5 Å². The summed E-state index contributed by atoms with van der Waals surface area (Å²) in [4.78, 5) is 12.6. The summed E-state index contributed by atoms with van der Waals surface area (Å²) in [5.74, 6) is 0.289. The van der Waals surface area contributed by atoms with Gasteiger partial charge in [0.25, 0.3) is 0 Å². The van der Waals surface area contributed by atoms with E-state index in [1.165, 1.54) is 12.1 Å². The molecule has 1 aliphatic carbocycles. The van der Waals surface area contributed by atoms with Crippen LogP contribution in [0.1, 0.15) is 60.1 Å². The highest BCUT2D eigenvalue weighted by Gasteiger charge is 2.31. The van der Waals surface area contributed by atoms with E-state index in [2.05, 4.69) is 15.0 Å². The van der Waals surface area contributed by atoms with E-state index in [1.807, 2.05) is 24.3 Å². The molecule has 0 bridgehead atoms. The monoisotopic (exact) mass is 535 g/mol. The summed E-state index contributed by atoms with van der Waals surface area (Å²) < 4.78 is 53.4. The number of rotatable bonds is 9. The van der Waals surface area contributed by atoms with E-state index in [0.717, 1.165) is 42.6 Å². The minimum absolute atomic E-state index is 0.211. The van der Waals surface area contributed by atoms with Crippen LogP contribution in [0.3, 0.4) is 0 Å². The van der Waals surface area contributed by atoms with Crippen molar-refractivity contribution in [3.63, 3.8) is 0 Å². The van der Waals surface area contributed by atoms with Crippen molar-refractivity contribution in [2.45, 2.75) is 61.7 Å². The molecule has 4 rings (SSSR count). The normalized spacial score (nSPS) is 17.9. The number of aromatic nitrogens is 3. The van der Waals surface area contributed by atoms with Gasteiger partial charge in [0, 0.05) is 5.25 Å².